The first-order chi connectivity index (χ1) is 13.7. The van der Waals surface area contributed by atoms with Crippen molar-refractivity contribution in [3.8, 4) is 0 Å². The average Bonchev–Trinajstić information content (AvgIpc) is 2.99. The third-order valence-corrected chi connectivity index (χ3v) is 7.07. The van der Waals surface area contributed by atoms with Crippen molar-refractivity contribution in [2.75, 3.05) is 10.6 Å². The standard InChI is InChI=1S/C24H20N2O2/c25-13-6-5-7-14(12-13)26-23(27)21-19-15-8-1-2-9-16(15)20(22(21)24(26)28)18-11-4-3-10-17(18)19/h1-12,15-16,19-22H,25H2/t15-,16+,19-,20-,21+,22-/m1/s1. The van der Waals surface area contributed by atoms with Crippen LogP contribution in [0, 0.1) is 23.7 Å². The Balaban J connectivity index is 1.54. The predicted molar refractivity (Wildman–Crippen MR) is 108 cm³/mol. The molecule has 2 fully saturated rings. The molecule has 6 atom stereocenters. The normalized spacial score (nSPS) is 34.4. The Kier molecular flexibility index (Phi) is 3.09. The molecule has 1 heterocycles. The first-order valence-corrected chi connectivity index (χ1v) is 9.84. The third-order valence-electron chi connectivity index (χ3n) is 7.07. The molecule has 4 heteroatoms. The van der Waals surface area contributed by atoms with Crippen molar-refractivity contribution in [1.82, 2.24) is 0 Å². The predicted octanol–water partition coefficient (Wildman–Crippen LogP) is 3.63. The Labute approximate surface area is 163 Å². The van der Waals surface area contributed by atoms with Gasteiger partial charge in [0, 0.05) is 17.5 Å². The van der Waals surface area contributed by atoms with Crippen molar-refractivity contribution in [3.63, 3.8) is 0 Å². The number of amides is 2. The number of carbonyl (C=O) groups is 2. The average molecular weight is 368 g/mol. The molecule has 1 aliphatic heterocycles. The number of hydrogen-bond acceptors (Lipinski definition) is 3. The number of nitrogens with zero attached hydrogens (tertiary/aromatic N) is 1. The maximum atomic E-state index is 13.6. The van der Waals surface area contributed by atoms with Crippen LogP contribution in [0.3, 0.4) is 0 Å². The summed E-state index contributed by atoms with van der Waals surface area (Å²) in [5.74, 6) is -0.136. The first-order valence-electron chi connectivity index (χ1n) is 9.84. The number of nitrogen functional groups attached to an aromatic ring is 1. The summed E-state index contributed by atoms with van der Waals surface area (Å²) < 4.78 is 0. The quantitative estimate of drug-likeness (QED) is 0.618. The lowest BCUT2D eigenvalue weighted by molar-refractivity contribution is -0.125. The summed E-state index contributed by atoms with van der Waals surface area (Å²) in [6.07, 6.45) is 8.62. The van der Waals surface area contributed by atoms with Gasteiger partial charge in [-0.15, -0.1) is 0 Å². The SMILES string of the molecule is Nc1cccc(N2C(=O)[C@@H]3[C@H](C2=O)[C@H]2c4ccccc4[C@H]3[C@@H]3C=CC=C[C@@H]32)c1. The van der Waals surface area contributed by atoms with Crippen molar-refractivity contribution >= 4 is 23.2 Å². The Morgan fingerprint density at radius 2 is 1.29 bits per heavy atom. The van der Waals surface area contributed by atoms with E-state index in [1.165, 1.54) is 16.0 Å². The topological polar surface area (TPSA) is 63.4 Å². The lowest BCUT2D eigenvalue weighted by atomic mass is 9.48. The molecule has 28 heavy (non-hydrogen) atoms. The van der Waals surface area contributed by atoms with Crippen molar-refractivity contribution in [2.24, 2.45) is 23.7 Å². The summed E-state index contributed by atoms with van der Waals surface area (Å²) in [5.41, 5.74) is 9.55. The molecule has 2 N–H and O–H groups in total. The zero-order valence-corrected chi connectivity index (χ0v) is 15.2. The molecule has 0 spiro atoms. The van der Waals surface area contributed by atoms with Crippen molar-refractivity contribution in [3.05, 3.63) is 84.0 Å². The molecule has 7 rings (SSSR count). The summed E-state index contributed by atoms with van der Waals surface area (Å²) >= 11 is 0. The number of benzene rings is 2. The van der Waals surface area contributed by atoms with E-state index < -0.39 is 0 Å². The molecule has 138 valence electrons. The second kappa shape index (κ2) is 5.44. The molecule has 0 unspecified atom stereocenters. The molecule has 2 aromatic carbocycles. The second-order valence-electron chi connectivity index (χ2n) is 8.26. The fourth-order valence-electron chi connectivity index (χ4n) is 6.14. The van der Waals surface area contributed by atoms with Crippen LogP contribution in [0.2, 0.25) is 0 Å². The van der Waals surface area contributed by atoms with Gasteiger partial charge in [0.2, 0.25) is 11.8 Å². The summed E-state index contributed by atoms with van der Waals surface area (Å²) in [6.45, 7) is 0. The van der Waals surface area contributed by atoms with Gasteiger partial charge in [-0.05, 0) is 41.2 Å². The van der Waals surface area contributed by atoms with Crippen LogP contribution < -0.4 is 10.6 Å². The number of imide groups is 1. The van der Waals surface area contributed by atoms with Gasteiger partial charge in [-0.2, -0.15) is 0 Å². The van der Waals surface area contributed by atoms with Gasteiger partial charge >= 0.3 is 0 Å². The fraction of sp³-hybridized carbons (Fsp3) is 0.250. The maximum absolute atomic E-state index is 13.6. The van der Waals surface area contributed by atoms with Crippen molar-refractivity contribution in [1.29, 1.82) is 0 Å². The minimum atomic E-state index is -0.300. The molecule has 2 aromatic rings. The molecular formula is C24H20N2O2. The van der Waals surface area contributed by atoms with E-state index in [0.717, 1.165) is 0 Å². The summed E-state index contributed by atoms with van der Waals surface area (Å²) in [5, 5.41) is 0. The van der Waals surface area contributed by atoms with Gasteiger partial charge in [-0.25, -0.2) is 4.90 Å². The Morgan fingerprint density at radius 1 is 0.714 bits per heavy atom. The smallest absolute Gasteiger partial charge is 0.238 e. The molecule has 2 bridgehead atoms. The highest BCUT2D eigenvalue weighted by Gasteiger charge is 2.64. The van der Waals surface area contributed by atoms with Crippen LogP contribution >= 0.6 is 0 Å². The lowest BCUT2D eigenvalue weighted by Gasteiger charge is -2.53. The van der Waals surface area contributed by atoms with Crippen molar-refractivity contribution < 1.29 is 9.59 Å². The first kappa shape index (κ1) is 15.9. The zero-order valence-electron chi connectivity index (χ0n) is 15.2. The van der Waals surface area contributed by atoms with E-state index in [-0.39, 0.29) is 47.3 Å². The van der Waals surface area contributed by atoms with Gasteiger partial charge in [0.1, 0.15) is 0 Å². The molecule has 1 saturated carbocycles. The zero-order chi connectivity index (χ0) is 19.0. The number of carbonyl (C=O) groups excluding carboxylic acids is 2. The molecule has 5 aliphatic rings. The van der Waals surface area contributed by atoms with Gasteiger partial charge in [-0.1, -0.05) is 54.6 Å². The highest BCUT2D eigenvalue weighted by atomic mass is 16.2. The van der Waals surface area contributed by atoms with Crippen molar-refractivity contribution in [2.45, 2.75) is 11.8 Å². The van der Waals surface area contributed by atoms with E-state index in [9.17, 15) is 9.59 Å². The summed E-state index contributed by atoms with van der Waals surface area (Å²) in [7, 11) is 0. The Morgan fingerprint density at radius 3 is 1.82 bits per heavy atom. The summed E-state index contributed by atoms with van der Waals surface area (Å²) in [6, 6.07) is 15.5. The fourth-order valence-corrected chi connectivity index (χ4v) is 6.14. The lowest BCUT2D eigenvalue weighted by Crippen LogP contribution is -2.49. The number of nitrogens with two attached hydrogens (primary N) is 1. The van der Waals surface area contributed by atoms with Crippen LogP contribution in [0.5, 0.6) is 0 Å². The van der Waals surface area contributed by atoms with Crippen LogP contribution in [-0.2, 0) is 9.59 Å². The molecule has 0 aromatic heterocycles. The van der Waals surface area contributed by atoms with Crippen LogP contribution in [-0.4, -0.2) is 11.8 Å². The van der Waals surface area contributed by atoms with E-state index in [0.29, 0.717) is 11.4 Å². The van der Waals surface area contributed by atoms with Crippen LogP contribution in [0.25, 0.3) is 0 Å². The van der Waals surface area contributed by atoms with E-state index in [4.69, 9.17) is 5.73 Å². The number of anilines is 2. The molecule has 4 nitrogen and oxygen atoms in total. The Bertz CT molecular complexity index is 1020. The maximum Gasteiger partial charge on any atom is 0.238 e. The molecule has 2 amide bonds. The number of rotatable bonds is 1. The second-order valence-corrected chi connectivity index (χ2v) is 8.26. The molecular weight excluding hydrogens is 348 g/mol. The van der Waals surface area contributed by atoms with E-state index in [2.05, 4.69) is 36.4 Å². The third kappa shape index (κ3) is 1.85. The number of allylic oxidation sites excluding steroid dienone is 4. The highest BCUT2D eigenvalue weighted by molar-refractivity contribution is 6.23. The van der Waals surface area contributed by atoms with Gasteiger partial charge < -0.3 is 5.73 Å². The van der Waals surface area contributed by atoms with Crippen LogP contribution in [0.4, 0.5) is 11.4 Å². The Hall–Kier alpha value is -3.14. The molecule has 4 aliphatic carbocycles. The van der Waals surface area contributed by atoms with Gasteiger partial charge in [0.15, 0.2) is 0 Å². The monoisotopic (exact) mass is 368 g/mol. The van der Waals surface area contributed by atoms with Crippen LogP contribution in [0.15, 0.2) is 72.8 Å². The molecule has 0 radical (unpaired) electrons. The van der Waals surface area contributed by atoms with Gasteiger partial charge in [0.05, 0.1) is 17.5 Å². The van der Waals surface area contributed by atoms with E-state index >= 15 is 0 Å². The van der Waals surface area contributed by atoms with Gasteiger partial charge in [-0.3, -0.25) is 9.59 Å². The van der Waals surface area contributed by atoms with Crippen LogP contribution in [0.1, 0.15) is 23.0 Å². The minimum absolute atomic E-state index is 0.0416. The van der Waals surface area contributed by atoms with E-state index in [1.807, 2.05) is 12.1 Å². The van der Waals surface area contributed by atoms with E-state index in [1.54, 1.807) is 24.3 Å². The highest BCUT2D eigenvalue weighted by Crippen LogP contribution is 2.64. The van der Waals surface area contributed by atoms with Gasteiger partial charge in [0.25, 0.3) is 0 Å². The largest absolute Gasteiger partial charge is 0.399 e. The summed E-state index contributed by atoms with van der Waals surface area (Å²) in [4.78, 5) is 28.5. The number of hydrogen-bond donors (Lipinski definition) is 1. The minimum Gasteiger partial charge on any atom is -0.399 e. The molecule has 1 saturated heterocycles.